The summed E-state index contributed by atoms with van der Waals surface area (Å²) in [4.78, 5) is 0.261. The van der Waals surface area contributed by atoms with Gasteiger partial charge in [-0.15, -0.1) is 0 Å². The van der Waals surface area contributed by atoms with Crippen molar-refractivity contribution in [2.75, 3.05) is 5.75 Å². The lowest BCUT2D eigenvalue weighted by Gasteiger charge is -2.13. The summed E-state index contributed by atoms with van der Waals surface area (Å²) in [5.41, 5.74) is -0.738. The average Bonchev–Trinajstić information content (AvgIpc) is 2.46. The summed E-state index contributed by atoms with van der Waals surface area (Å²) in [7, 11) is -1.36. The second-order valence-corrected chi connectivity index (χ2v) is 5.72. The highest BCUT2D eigenvalue weighted by Gasteiger charge is 2.30. The van der Waals surface area contributed by atoms with E-state index in [2.05, 4.69) is 0 Å². The fraction of sp³-hybridized carbons (Fsp3) is 0.600. The van der Waals surface area contributed by atoms with Crippen molar-refractivity contribution in [3.05, 3.63) is 29.8 Å². The van der Waals surface area contributed by atoms with Crippen LogP contribution in [0.15, 0.2) is 29.2 Å². The summed E-state index contributed by atoms with van der Waals surface area (Å²) >= 11 is 0. The molecule has 0 radical (unpaired) electrons. The van der Waals surface area contributed by atoms with E-state index in [0.717, 1.165) is 25.0 Å². The van der Waals surface area contributed by atoms with Crippen LogP contribution in [0.2, 0.25) is 0 Å². The first-order chi connectivity index (χ1) is 9.38. The first kappa shape index (κ1) is 19.2. The predicted molar refractivity (Wildman–Crippen MR) is 78.1 cm³/mol. The van der Waals surface area contributed by atoms with E-state index in [1.807, 2.05) is 27.7 Å². The molecule has 0 aliphatic carbocycles. The maximum Gasteiger partial charge on any atom is 0.416 e. The zero-order valence-corrected chi connectivity index (χ0v) is 13.3. The maximum absolute atomic E-state index is 12.5. The molecule has 0 aromatic heterocycles. The molecule has 1 aromatic rings. The molecule has 0 spiro atoms. The first-order valence-corrected chi connectivity index (χ1v) is 8.26. The Kier molecular flexibility index (Phi) is 8.78. The fourth-order valence-electron chi connectivity index (χ4n) is 1.65. The maximum atomic E-state index is 12.5. The van der Waals surface area contributed by atoms with Gasteiger partial charge in [-0.1, -0.05) is 46.6 Å². The Bertz CT molecular complexity index is 412. The molecule has 20 heavy (non-hydrogen) atoms. The summed E-state index contributed by atoms with van der Waals surface area (Å²) in [5, 5.41) is 0. The lowest BCUT2D eigenvalue weighted by molar-refractivity contribution is -0.137. The van der Waals surface area contributed by atoms with Gasteiger partial charge in [-0.05, 0) is 24.1 Å². The van der Waals surface area contributed by atoms with Crippen molar-refractivity contribution in [3.8, 4) is 0 Å². The topological polar surface area (TPSA) is 17.1 Å². The van der Waals surface area contributed by atoms with Crippen LogP contribution in [-0.4, -0.2) is 9.96 Å². The Morgan fingerprint density at radius 1 is 1.15 bits per heavy atom. The zero-order valence-electron chi connectivity index (χ0n) is 12.5. The summed E-state index contributed by atoms with van der Waals surface area (Å²) in [5.74, 6) is 0.717. The number of rotatable bonds is 5. The van der Waals surface area contributed by atoms with E-state index >= 15 is 0 Å². The molecule has 0 aliphatic rings. The molecule has 1 unspecified atom stereocenters. The van der Waals surface area contributed by atoms with Gasteiger partial charge in [0.15, 0.2) is 0 Å². The third-order valence-corrected chi connectivity index (χ3v) is 4.52. The Balaban J connectivity index is 0.00000172. The number of benzene rings is 1. The standard InChI is InChI=1S/C13H17F3OS.C2H6/c1-3-10(4-2)9-18(17)12-7-5-6-11(8-12)13(14,15)16;1-2/h5-8,10H,3-4,9H2,1-2H3;1-2H3. The molecule has 1 aromatic carbocycles. The van der Waals surface area contributed by atoms with E-state index < -0.39 is 22.5 Å². The van der Waals surface area contributed by atoms with Gasteiger partial charge in [-0.2, -0.15) is 13.2 Å². The van der Waals surface area contributed by atoms with Crippen molar-refractivity contribution < 1.29 is 17.4 Å². The fourth-order valence-corrected chi connectivity index (χ4v) is 3.23. The van der Waals surface area contributed by atoms with Crippen LogP contribution in [0.4, 0.5) is 13.2 Å². The van der Waals surface area contributed by atoms with E-state index in [-0.39, 0.29) is 4.90 Å². The van der Waals surface area contributed by atoms with Gasteiger partial charge in [-0.3, -0.25) is 4.21 Å². The lowest BCUT2D eigenvalue weighted by atomic mass is 10.1. The minimum Gasteiger partial charge on any atom is -0.254 e. The van der Waals surface area contributed by atoms with E-state index in [0.29, 0.717) is 11.7 Å². The summed E-state index contributed by atoms with van der Waals surface area (Å²) in [6, 6.07) is 4.78. The number of alkyl halides is 3. The van der Waals surface area contributed by atoms with Gasteiger partial charge >= 0.3 is 6.18 Å². The number of hydrogen-bond acceptors (Lipinski definition) is 1. The van der Waals surface area contributed by atoms with E-state index in [1.165, 1.54) is 12.1 Å². The molecule has 1 atom stereocenters. The molecule has 0 saturated carbocycles. The van der Waals surface area contributed by atoms with Crippen molar-refractivity contribution in [1.82, 2.24) is 0 Å². The highest BCUT2D eigenvalue weighted by Crippen LogP contribution is 2.30. The summed E-state index contributed by atoms with van der Waals surface area (Å²) < 4.78 is 49.6. The molecule has 0 amide bonds. The monoisotopic (exact) mass is 308 g/mol. The number of halogens is 3. The molecule has 0 heterocycles. The first-order valence-electron chi connectivity index (χ1n) is 6.94. The average molecular weight is 308 g/mol. The second kappa shape index (κ2) is 9.16. The molecular weight excluding hydrogens is 285 g/mol. The Morgan fingerprint density at radius 3 is 2.15 bits per heavy atom. The highest BCUT2D eigenvalue weighted by atomic mass is 32.2. The van der Waals surface area contributed by atoms with Gasteiger partial charge in [0.05, 0.1) is 16.4 Å². The Labute approximate surface area is 122 Å². The van der Waals surface area contributed by atoms with Gasteiger partial charge in [0, 0.05) is 10.6 Å². The van der Waals surface area contributed by atoms with Crippen LogP contribution < -0.4 is 0 Å². The molecule has 0 saturated heterocycles. The molecular formula is C15H23F3OS. The van der Waals surface area contributed by atoms with Gasteiger partial charge in [0.1, 0.15) is 0 Å². The normalized spacial score (nSPS) is 12.8. The van der Waals surface area contributed by atoms with Crippen LogP contribution in [-0.2, 0) is 17.0 Å². The van der Waals surface area contributed by atoms with Crippen LogP contribution in [0.5, 0.6) is 0 Å². The minimum atomic E-state index is -4.38. The molecule has 116 valence electrons. The molecule has 1 nitrogen and oxygen atoms in total. The molecule has 5 heteroatoms. The molecule has 0 aliphatic heterocycles. The van der Waals surface area contributed by atoms with Crippen LogP contribution >= 0.6 is 0 Å². The Hall–Kier alpha value is -0.840. The Morgan fingerprint density at radius 2 is 1.70 bits per heavy atom. The smallest absolute Gasteiger partial charge is 0.254 e. The summed E-state index contributed by atoms with van der Waals surface area (Å²) in [6.07, 6.45) is -2.60. The van der Waals surface area contributed by atoms with Crippen molar-refractivity contribution in [1.29, 1.82) is 0 Å². The third kappa shape index (κ3) is 6.07. The van der Waals surface area contributed by atoms with Crippen molar-refractivity contribution in [2.24, 2.45) is 5.92 Å². The SMILES string of the molecule is CC.CCC(CC)CS(=O)c1cccc(C(F)(F)F)c1. The number of hydrogen-bond donors (Lipinski definition) is 0. The van der Waals surface area contributed by atoms with Crippen LogP contribution in [0, 0.1) is 5.92 Å². The molecule has 0 N–H and O–H groups in total. The lowest BCUT2D eigenvalue weighted by Crippen LogP contribution is -2.11. The quantitative estimate of drug-likeness (QED) is 0.723. The highest BCUT2D eigenvalue weighted by molar-refractivity contribution is 7.85. The summed E-state index contributed by atoms with van der Waals surface area (Å²) in [6.45, 7) is 8.00. The molecule has 0 bridgehead atoms. The van der Waals surface area contributed by atoms with Gasteiger partial charge < -0.3 is 0 Å². The van der Waals surface area contributed by atoms with Crippen LogP contribution in [0.25, 0.3) is 0 Å². The van der Waals surface area contributed by atoms with E-state index in [4.69, 9.17) is 0 Å². The minimum absolute atomic E-state index is 0.261. The van der Waals surface area contributed by atoms with E-state index in [9.17, 15) is 17.4 Å². The molecule has 1 rings (SSSR count). The van der Waals surface area contributed by atoms with Gasteiger partial charge in [0.25, 0.3) is 0 Å². The third-order valence-electron chi connectivity index (χ3n) is 2.97. The zero-order chi connectivity index (χ0) is 15.8. The van der Waals surface area contributed by atoms with E-state index in [1.54, 1.807) is 0 Å². The molecule has 0 fully saturated rings. The van der Waals surface area contributed by atoms with Crippen LogP contribution in [0.1, 0.15) is 46.1 Å². The van der Waals surface area contributed by atoms with Gasteiger partial charge in [0.2, 0.25) is 0 Å². The predicted octanol–water partition coefficient (Wildman–Crippen LogP) is 5.28. The van der Waals surface area contributed by atoms with Crippen LogP contribution in [0.3, 0.4) is 0 Å². The largest absolute Gasteiger partial charge is 0.416 e. The van der Waals surface area contributed by atoms with Crippen molar-refractivity contribution in [2.45, 2.75) is 51.6 Å². The van der Waals surface area contributed by atoms with Crippen molar-refractivity contribution in [3.63, 3.8) is 0 Å². The van der Waals surface area contributed by atoms with Gasteiger partial charge in [-0.25, -0.2) is 0 Å². The van der Waals surface area contributed by atoms with Crippen molar-refractivity contribution >= 4 is 10.8 Å². The second-order valence-electron chi connectivity index (χ2n) is 4.22.